The van der Waals surface area contributed by atoms with Crippen molar-refractivity contribution >= 4 is 21.9 Å². The first-order valence-corrected chi connectivity index (χ1v) is 11.5. The lowest BCUT2D eigenvalue weighted by Gasteiger charge is -2.38. The van der Waals surface area contributed by atoms with Gasteiger partial charge in [-0.25, -0.2) is 17.6 Å². The Balaban J connectivity index is 1.71. The molecule has 10 heteroatoms. The standard InChI is InChI=1S/C20H27FN2O6S/c1-14-4-3-5-15(2)23(14)19(24)13-29-20(25)16-6-7-17(21)18(12-16)30(26,27)22-8-10-28-11-9-22/h6-7,12,14-15H,3-5,8-11,13H2,1-2H3/t14-,15-/m0/s1. The topological polar surface area (TPSA) is 93.2 Å². The van der Waals surface area contributed by atoms with Crippen LogP contribution in [-0.4, -0.2) is 74.5 Å². The number of rotatable bonds is 5. The average Bonchev–Trinajstić information content (AvgIpc) is 2.72. The molecule has 2 aliphatic heterocycles. The maximum Gasteiger partial charge on any atom is 0.338 e. The summed E-state index contributed by atoms with van der Waals surface area (Å²) >= 11 is 0. The molecule has 2 fully saturated rings. The fourth-order valence-electron chi connectivity index (χ4n) is 3.95. The Morgan fingerprint density at radius 1 is 1.17 bits per heavy atom. The Morgan fingerprint density at radius 3 is 2.43 bits per heavy atom. The lowest BCUT2D eigenvalue weighted by atomic mass is 9.97. The number of benzene rings is 1. The Labute approximate surface area is 176 Å². The van der Waals surface area contributed by atoms with Crippen LogP contribution in [0, 0.1) is 5.82 Å². The van der Waals surface area contributed by atoms with E-state index < -0.39 is 33.3 Å². The van der Waals surface area contributed by atoms with Gasteiger partial charge in [0.15, 0.2) is 6.61 Å². The molecule has 166 valence electrons. The molecule has 0 spiro atoms. The van der Waals surface area contributed by atoms with Crippen LogP contribution >= 0.6 is 0 Å². The van der Waals surface area contributed by atoms with E-state index in [-0.39, 0.29) is 49.9 Å². The Kier molecular flexibility index (Phi) is 7.10. The number of likely N-dealkylation sites (tertiary alicyclic amines) is 1. The van der Waals surface area contributed by atoms with Gasteiger partial charge in [0.05, 0.1) is 18.8 Å². The summed E-state index contributed by atoms with van der Waals surface area (Å²) in [6, 6.07) is 3.15. The first-order chi connectivity index (χ1) is 14.2. The van der Waals surface area contributed by atoms with E-state index in [9.17, 15) is 22.4 Å². The second-order valence-electron chi connectivity index (χ2n) is 7.67. The quantitative estimate of drug-likeness (QED) is 0.646. The van der Waals surface area contributed by atoms with Crippen LogP contribution in [0.1, 0.15) is 43.5 Å². The third-order valence-electron chi connectivity index (χ3n) is 5.56. The first kappa shape index (κ1) is 22.6. The van der Waals surface area contributed by atoms with Crippen molar-refractivity contribution in [3.63, 3.8) is 0 Å². The smallest absolute Gasteiger partial charge is 0.338 e. The van der Waals surface area contributed by atoms with Crippen LogP contribution in [0.4, 0.5) is 4.39 Å². The molecule has 2 saturated heterocycles. The number of morpholine rings is 1. The van der Waals surface area contributed by atoms with Gasteiger partial charge in [-0.3, -0.25) is 4.79 Å². The van der Waals surface area contributed by atoms with Crippen molar-refractivity contribution < 1.29 is 31.9 Å². The predicted molar refractivity (Wildman–Crippen MR) is 106 cm³/mol. The molecule has 0 N–H and O–H groups in total. The van der Waals surface area contributed by atoms with Crippen LogP contribution in [0.2, 0.25) is 0 Å². The second-order valence-corrected chi connectivity index (χ2v) is 9.57. The predicted octanol–water partition coefficient (Wildman–Crippen LogP) is 1.79. The summed E-state index contributed by atoms with van der Waals surface area (Å²) in [7, 11) is -4.12. The van der Waals surface area contributed by atoms with E-state index >= 15 is 0 Å². The Morgan fingerprint density at radius 2 is 1.80 bits per heavy atom. The summed E-state index contributed by atoms with van der Waals surface area (Å²) in [6.07, 6.45) is 2.83. The van der Waals surface area contributed by atoms with Gasteiger partial charge in [-0.15, -0.1) is 0 Å². The lowest BCUT2D eigenvalue weighted by molar-refractivity contribution is -0.140. The zero-order chi connectivity index (χ0) is 21.9. The molecule has 2 heterocycles. The first-order valence-electron chi connectivity index (χ1n) is 10.1. The summed E-state index contributed by atoms with van der Waals surface area (Å²) in [4.78, 5) is 26.1. The fourth-order valence-corrected chi connectivity index (χ4v) is 5.45. The minimum atomic E-state index is -4.12. The molecule has 1 aromatic rings. The third kappa shape index (κ3) is 4.81. The van der Waals surface area contributed by atoms with Crippen LogP contribution in [0.15, 0.2) is 23.1 Å². The minimum absolute atomic E-state index is 0.0658. The average molecular weight is 443 g/mol. The monoisotopic (exact) mass is 442 g/mol. The largest absolute Gasteiger partial charge is 0.452 e. The number of amides is 1. The minimum Gasteiger partial charge on any atom is -0.452 e. The van der Waals surface area contributed by atoms with Crippen LogP contribution in [0.3, 0.4) is 0 Å². The van der Waals surface area contributed by atoms with E-state index in [1.165, 1.54) is 0 Å². The molecule has 8 nitrogen and oxygen atoms in total. The zero-order valence-electron chi connectivity index (χ0n) is 17.2. The summed E-state index contributed by atoms with van der Waals surface area (Å²) in [5, 5.41) is 0. The van der Waals surface area contributed by atoms with Gasteiger partial charge in [-0.2, -0.15) is 4.31 Å². The molecule has 2 atom stereocenters. The molecular formula is C20H27FN2O6S. The molecule has 0 aromatic heterocycles. The van der Waals surface area contributed by atoms with E-state index in [0.29, 0.717) is 0 Å². The molecular weight excluding hydrogens is 415 g/mol. The molecule has 0 saturated carbocycles. The summed E-state index contributed by atoms with van der Waals surface area (Å²) < 4.78 is 51.1. The molecule has 2 aliphatic rings. The normalized spacial score (nSPS) is 23.2. The van der Waals surface area contributed by atoms with Crippen LogP contribution in [-0.2, 0) is 24.3 Å². The maximum atomic E-state index is 14.3. The van der Waals surface area contributed by atoms with Crippen molar-refractivity contribution in [3.8, 4) is 0 Å². The molecule has 1 amide bonds. The number of carbonyl (C=O) groups excluding carboxylic acids is 2. The molecule has 3 rings (SSSR count). The van der Waals surface area contributed by atoms with Crippen molar-refractivity contribution in [2.24, 2.45) is 0 Å². The number of carbonyl (C=O) groups is 2. The highest BCUT2D eigenvalue weighted by Gasteiger charge is 2.31. The van der Waals surface area contributed by atoms with Crippen LogP contribution in [0.25, 0.3) is 0 Å². The summed E-state index contributed by atoms with van der Waals surface area (Å²) in [6.45, 7) is 4.12. The molecule has 0 unspecified atom stereocenters. The fraction of sp³-hybridized carbons (Fsp3) is 0.600. The highest BCUT2D eigenvalue weighted by atomic mass is 32.2. The van der Waals surface area contributed by atoms with Crippen molar-refractivity contribution in [1.82, 2.24) is 9.21 Å². The van der Waals surface area contributed by atoms with Gasteiger partial charge in [0.25, 0.3) is 5.91 Å². The SMILES string of the molecule is C[C@H]1CCC[C@H](C)N1C(=O)COC(=O)c1ccc(F)c(S(=O)(=O)N2CCOCC2)c1. The number of halogens is 1. The van der Waals surface area contributed by atoms with Crippen molar-refractivity contribution in [3.05, 3.63) is 29.6 Å². The maximum absolute atomic E-state index is 14.3. The van der Waals surface area contributed by atoms with E-state index in [0.717, 1.165) is 41.8 Å². The molecule has 0 aliphatic carbocycles. The van der Waals surface area contributed by atoms with E-state index in [4.69, 9.17) is 9.47 Å². The number of nitrogens with zero attached hydrogens (tertiary/aromatic N) is 2. The number of ether oxygens (including phenoxy) is 2. The van der Waals surface area contributed by atoms with Gasteiger partial charge in [0.2, 0.25) is 10.0 Å². The Hall–Kier alpha value is -2.04. The van der Waals surface area contributed by atoms with Gasteiger partial charge >= 0.3 is 5.97 Å². The van der Waals surface area contributed by atoms with Gasteiger partial charge in [0, 0.05) is 25.2 Å². The molecule has 1 aromatic carbocycles. The summed E-state index contributed by atoms with van der Waals surface area (Å²) in [5.74, 6) is -2.13. The van der Waals surface area contributed by atoms with E-state index in [1.807, 2.05) is 13.8 Å². The number of hydrogen-bond donors (Lipinski definition) is 0. The molecule has 0 radical (unpaired) electrons. The zero-order valence-corrected chi connectivity index (χ0v) is 18.0. The van der Waals surface area contributed by atoms with Crippen molar-refractivity contribution in [2.45, 2.75) is 50.1 Å². The second kappa shape index (κ2) is 9.40. The number of sulfonamides is 1. The van der Waals surface area contributed by atoms with Gasteiger partial charge in [-0.1, -0.05) is 0 Å². The summed E-state index contributed by atoms with van der Waals surface area (Å²) in [5.41, 5.74) is -0.129. The van der Waals surface area contributed by atoms with Crippen molar-refractivity contribution in [1.29, 1.82) is 0 Å². The molecule has 30 heavy (non-hydrogen) atoms. The van der Waals surface area contributed by atoms with Crippen LogP contribution in [0.5, 0.6) is 0 Å². The van der Waals surface area contributed by atoms with E-state index in [1.54, 1.807) is 4.90 Å². The van der Waals surface area contributed by atoms with Crippen molar-refractivity contribution in [2.75, 3.05) is 32.9 Å². The highest BCUT2D eigenvalue weighted by molar-refractivity contribution is 7.89. The van der Waals surface area contributed by atoms with Gasteiger partial charge in [-0.05, 0) is 51.3 Å². The third-order valence-corrected chi connectivity index (χ3v) is 7.48. The van der Waals surface area contributed by atoms with Gasteiger partial charge in [0.1, 0.15) is 10.7 Å². The highest BCUT2D eigenvalue weighted by Crippen LogP contribution is 2.24. The Bertz CT molecular complexity index is 891. The number of piperidine rings is 1. The molecule has 0 bridgehead atoms. The van der Waals surface area contributed by atoms with E-state index in [2.05, 4.69) is 0 Å². The lowest BCUT2D eigenvalue weighted by Crippen LogP contribution is -2.49. The van der Waals surface area contributed by atoms with Gasteiger partial charge < -0.3 is 14.4 Å². The van der Waals surface area contributed by atoms with Crippen LogP contribution < -0.4 is 0 Å². The number of hydrogen-bond acceptors (Lipinski definition) is 6. The number of esters is 1.